The molecule has 0 atom stereocenters. The van der Waals surface area contributed by atoms with Crippen LogP contribution in [-0.2, 0) is 14.3 Å². The lowest BCUT2D eigenvalue weighted by molar-refractivity contribution is -0.126. The molecular weight excluding hydrogens is 365 g/mol. The van der Waals surface area contributed by atoms with Crippen LogP contribution in [0.3, 0.4) is 0 Å². The summed E-state index contributed by atoms with van der Waals surface area (Å²) < 4.78 is 17.8. The van der Waals surface area contributed by atoms with Crippen LogP contribution in [0.4, 0.5) is 15.8 Å². The molecule has 2 aromatic rings. The normalized spacial score (nSPS) is 10.3. The van der Waals surface area contributed by atoms with Gasteiger partial charge in [-0.1, -0.05) is 17.7 Å². The first-order chi connectivity index (χ1) is 13.2. The number of aryl methyl sites for hydroxylation is 3. The van der Waals surface area contributed by atoms with Crippen molar-refractivity contribution in [1.82, 2.24) is 5.32 Å². The molecule has 0 aromatic heterocycles. The molecular formula is C20H22FN3O4. The minimum atomic E-state index is -0.858. The van der Waals surface area contributed by atoms with Crippen LogP contribution in [-0.4, -0.2) is 30.9 Å². The minimum absolute atomic E-state index is 0.0442. The third-order valence-electron chi connectivity index (χ3n) is 3.96. The largest absolute Gasteiger partial charge is 0.452 e. The zero-order valence-electron chi connectivity index (χ0n) is 15.9. The minimum Gasteiger partial charge on any atom is -0.452 e. The summed E-state index contributed by atoms with van der Waals surface area (Å²) in [6, 6.07) is 7.11. The fourth-order valence-electron chi connectivity index (χ4n) is 2.72. The molecule has 0 unspecified atom stereocenters. The molecule has 0 radical (unpaired) electrons. The lowest BCUT2D eigenvalue weighted by Gasteiger charge is -2.13. The van der Waals surface area contributed by atoms with Crippen molar-refractivity contribution in [3.05, 3.63) is 58.4 Å². The second kappa shape index (κ2) is 8.98. The van der Waals surface area contributed by atoms with E-state index in [1.54, 1.807) is 0 Å². The Bertz CT molecular complexity index is 905. The SMILES string of the molecule is Cc1cc(C)c(NC(=O)CNC(=O)COC(=O)c2ccc(F)cc2N)c(C)c1. The van der Waals surface area contributed by atoms with E-state index in [-0.39, 0.29) is 17.8 Å². The summed E-state index contributed by atoms with van der Waals surface area (Å²) in [5, 5.41) is 5.12. The topological polar surface area (TPSA) is 111 Å². The van der Waals surface area contributed by atoms with Gasteiger partial charge in [-0.25, -0.2) is 9.18 Å². The maximum Gasteiger partial charge on any atom is 0.340 e. The van der Waals surface area contributed by atoms with Crippen LogP contribution >= 0.6 is 0 Å². The van der Waals surface area contributed by atoms with Gasteiger partial charge < -0.3 is 21.1 Å². The quantitative estimate of drug-likeness (QED) is 0.520. The number of esters is 1. The van der Waals surface area contributed by atoms with Gasteiger partial charge in [-0.3, -0.25) is 9.59 Å². The molecule has 0 spiro atoms. The molecule has 28 heavy (non-hydrogen) atoms. The molecule has 0 heterocycles. The van der Waals surface area contributed by atoms with E-state index in [2.05, 4.69) is 10.6 Å². The molecule has 0 fully saturated rings. The lowest BCUT2D eigenvalue weighted by Crippen LogP contribution is -2.35. The molecule has 2 amide bonds. The highest BCUT2D eigenvalue weighted by atomic mass is 19.1. The molecule has 148 valence electrons. The zero-order valence-corrected chi connectivity index (χ0v) is 15.9. The summed E-state index contributed by atoms with van der Waals surface area (Å²) in [6.45, 7) is 4.86. The average Bonchev–Trinajstić information content (AvgIpc) is 2.61. The Morgan fingerprint density at radius 1 is 1.04 bits per heavy atom. The Morgan fingerprint density at radius 3 is 2.29 bits per heavy atom. The maximum absolute atomic E-state index is 13.0. The molecule has 7 nitrogen and oxygen atoms in total. The Hall–Kier alpha value is -3.42. The number of rotatable bonds is 6. The molecule has 0 saturated carbocycles. The Balaban J connectivity index is 1.82. The maximum atomic E-state index is 13.0. The van der Waals surface area contributed by atoms with E-state index in [1.807, 2.05) is 32.9 Å². The number of carbonyl (C=O) groups is 3. The van der Waals surface area contributed by atoms with E-state index in [4.69, 9.17) is 10.5 Å². The van der Waals surface area contributed by atoms with Crippen molar-refractivity contribution in [2.45, 2.75) is 20.8 Å². The summed E-state index contributed by atoms with van der Waals surface area (Å²) in [5.74, 6) is -2.50. The number of hydrogen-bond acceptors (Lipinski definition) is 5. The smallest absolute Gasteiger partial charge is 0.340 e. The number of carbonyl (C=O) groups excluding carboxylic acids is 3. The summed E-state index contributed by atoms with van der Waals surface area (Å²) in [7, 11) is 0. The van der Waals surface area contributed by atoms with E-state index < -0.39 is 30.2 Å². The summed E-state index contributed by atoms with van der Waals surface area (Å²) >= 11 is 0. The third-order valence-corrected chi connectivity index (χ3v) is 3.96. The van der Waals surface area contributed by atoms with E-state index >= 15 is 0 Å². The van der Waals surface area contributed by atoms with Gasteiger partial charge in [0.15, 0.2) is 6.61 Å². The van der Waals surface area contributed by atoms with Crippen molar-refractivity contribution in [1.29, 1.82) is 0 Å². The van der Waals surface area contributed by atoms with E-state index in [1.165, 1.54) is 6.07 Å². The Morgan fingerprint density at radius 2 is 1.68 bits per heavy atom. The second-order valence-electron chi connectivity index (χ2n) is 6.41. The average molecular weight is 387 g/mol. The molecule has 4 N–H and O–H groups in total. The first kappa shape index (κ1) is 20.9. The van der Waals surface area contributed by atoms with Crippen molar-refractivity contribution >= 4 is 29.2 Å². The Labute approximate surface area is 162 Å². The highest BCUT2D eigenvalue weighted by Crippen LogP contribution is 2.21. The molecule has 0 aliphatic rings. The third kappa shape index (κ3) is 5.54. The van der Waals surface area contributed by atoms with Crippen molar-refractivity contribution in [3.63, 3.8) is 0 Å². The second-order valence-corrected chi connectivity index (χ2v) is 6.41. The van der Waals surface area contributed by atoms with Crippen LogP contribution in [0.1, 0.15) is 27.0 Å². The predicted octanol–water partition coefficient (Wildman–Crippen LogP) is 2.24. The molecule has 0 saturated heterocycles. The molecule has 2 rings (SSSR count). The number of anilines is 2. The van der Waals surface area contributed by atoms with Gasteiger partial charge in [0.05, 0.1) is 12.1 Å². The highest BCUT2D eigenvalue weighted by molar-refractivity contribution is 5.97. The van der Waals surface area contributed by atoms with Crippen LogP contribution in [0.25, 0.3) is 0 Å². The van der Waals surface area contributed by atoms with Gasteiger partial charge in [0, 0.05) is 11.4 Å². The van der Waals surface area contributed by atoms with Crippen LogP contribution in [0.5, 0.6) is 0 Å². The highest BCUT2D eigenvalue weighted by Gasteiger charge is 2.15. The fourth-order valence-corrected chi connectivity index (χ4v) is 2.72. The molecule has 2 aromatic carbocycles. The van der Waals surface area contributed by atoms with Crippen molar-refractivity contribution < 1.29 is 23.5 Å². The van der Waals surface area contributed by atoms with Crippen LogP contribution in [0.2, 0.25) is 0 Å². The number of hydrogen-bond donors (Lipinski definition) is 3. The van der Waals surface area contributed by atoms with Crippen LogP contribution in [0, 0.1) is 26.6 Å². The molecule has 8 heteroatoms. The first-order valence-electron chi connectivity index (χ1n) is 8.54. The number of amides is 2. The van der Waals surface area contributed by atoms with E-state index in [9.17, 15) is 18.8 Å². The Kier molecular flexibility index (Phi) is 6.70. The summed E-state index contributed by atoms with van der Waals surface area (Å²) in [5.41, 5.74) is 9.03. The number of ether oxygens (including phenoxy) is 1. The van der Waals surface area contributed by atoms with Gasteiger partial charge >= 0.3 is 5.97 Å². The van der Waals surface area contributed by atoms with Gasteiger partial charge in [-0.15, -0.1) is 0 Å². The monoisotopic (exact) mass is 387 g/mol. The number of nitrogen functional groups attached to an aromatic ring is 1. The summed E-state index contributed by atoms with van der Waals surface area (Å²) in [4.78, 5) is 35.7. The number of halogens is 1. The van der Waals surface area contributed by atoms with E-state index in [0.717, 1.165) is 28.8 Å². The fraction of sp³-hybridized carbons (Fsp3) is 0.250. The van der Waals surface area contributed by atoms with Crippen LogP contribution in [0.15, 0.2) is 30.3 Å². The molecule has 0 bridgehead atoms. The lowest BCUT2D eigenvalue weighted by atomic mass is 10.1. The van der Waals surface area contributed by atoms with Gasteiger partial charge in [0.2, 0.25) is 5.91 Å². The van der Waals surface area contributed by atoms with Crippen molar-refractivity contribution in [2.75, 3.05) is 24.2 Å². The van der Waals surface area contributed by atoms with Gasteiger partial charge in [0.25, 0.3) is 5.91 Å². The predicted molar refractivity (Wildman–Crippen MR) is 103 cm³/mol. The van der Waals surface area contributed by atoms with Crippen LogP contribution < -0.4 is 16.4 Å². The van der Waals surface area contributed by atoms with Crippen molar-refractivity contribution in [2.24, 2.45) is 0 Å². The van der Waals surface area contributed by atoms with Crippen molar-refractivity contribution in [3.8, 4) is 0 Å². The van der Waals surface area contributed by atoms with Gasteiger partial charge in [-0.2, -0.15) is 0 Å². The number of nitrogens with one attached hydrogen (secondary N) is 2. The summed E-state index contributed by atoms with van der Waals surface area (Å²) in [6.07, 6.45) is 0. The zero-order chi connectivity index (χ0) is 20.8. The van der Waals surface area contributed by atoms with Gasteiger partial charge in [-0.05, 0) is 50.1 Å². The number of benzene rings is 2. The molecule has 0 aliphatic heterocycles. The standard InChI is InChI=1S/C20H22FN3O4/c1-11-6-12(2)19(13(3)7-11)24-17(25)9-23-18(26)10-28-20(27)15-5-4-14(21)8-16(15)22/h4-8H,9-10,22H2,1-3H3,(H,23,26)(H,24,25). The van der Waals surface area contributed by atoms with E-state index in [0.29, 0.717) is 5.69 Å². The first-order valence-corrected chi connectivity index (χ1v) is 8.54. The number of nitrogens with two attached hydrogens (primary N) is 1. The van der Waals surface area contributed by atoms with Gasteiger partial charge in [0.1, 0.15) is 5.82 Å². The molecule has 0 aliphatic carbocycles.